The molecule has 2 aromatic heterocycles. The number of pyridine rings is 1. The molecule has 0 saturated carbocycles. The van der Waals surface area contributed by atoms with Gasteiger partial charge in [0.1, 0.15) is 5.69 Å². The fraction of sp³-hybridized carbons (Fsp3) is 0.235. The van der Waals surface area contributed by atoms with Gasteiger partial charge < -0.3 is 4.42 Å². The van der Waals surface area contributed by atoms with Crippen LogP contribution in [-0.2, 0) is 22.2 Å². The van der Waals surface area contributed by atoms with E-state index in [1.807, 2.05) is 0 Å². The number of alkyl halides is 6. The first kappa shape index (κ1) is 21.7. The Kier molecular flexibility index (Phi) is 5.35. The molecule has 0 fully saturated rings. The molecule has 6 nitrogen and oxygen atoms in total. The molecule has 0 radical (unpaired) electrons. The highest BCUT2D eigenvalue weighted by Crippen LogP contribution is 2.36. The number of hydrogen-bond donors (Lipinski definition) is 0. The molecule has 3 aromatic rings. The fourth-order valence-electron chi connectivity index (χ4n) is 2.42. The van der Waals surface area contributed by atoms with E-state index in [4.69, 9.17) is 4.42 Å². The lowest BCUT2D eigenvalue weighted by molar-refractivity contribution is -0.141. The summed E-state index contributed by atoms with van der Waals surface area (Å²) in [5.41, 5.74) is -2.58. The summed E-state index contributed by atoms with van der Waals surface area (Å²) in [6.45, 7) is 1.26. The highest BCUT2D eigenvalue weighted by molar-refractivity contribution is 7.91. The van der Waals surface area contributed by atoms with Crippen LogP contribution in [-0.4, -0.2) is 29.4 Å². The Morgan fingerprint density at radius 2 is 1.60 bits per heavy atom. The van der Waals surface area contributed by atoms with Crippen LogP contribution in [0.2, 0.25) is 0 Å². The van der Waals surface area contributed by atoms with E-state index >= 15 is 0 Å². The average Bonchev–Trinajstić information content (AvgIpc) is 3.16. The van der Waals surface area contributed by atoms with Crippen LogP contribution < -0.4 is 0 Å². The minimum atomic E-state index is -4.78. The number of aromatic nitrogens is 3. The van der Waals surface area contributed by atoms with Crippen LogP contribution >= 0.6 is 0 Å². The largest absolute Gasteiger partial charge is 0.433 e. The number of benzene rings is 1. The number of halogens is 6. The first-order valence-corrected chi connectivity index (χ1v) is 9.79. The van der Waals surface area contributed by atoms with Gasteiger partial charge in [0.25, 0.3) is 0 Å². The molecule has 0 spiro atoms. The van der Waals surface area contributed by atoms with Crippen molar-refractivity contribution in [1.29, 1.82) is 0 Å². The number of nitrogens with zero attached hydrogens (tertiary/aromatic N) is 3. The Morgan fingerprint density at radius 1 is 0.933 bits per heavy atom. The summed E-state index contributed by atoms with van der Waals surface area (Å²) in [7, 11) is -4.10. The van der Waals surface area contributed by atoms with Crippen LogP contribution in [0, 0.1) is 0 Å². The maximum absolute atomic E-state index is 13.0. The van der Waals surface area contributed by atoms with Gasteiger partial charge in [-0.3, -0.25) is 4.98 Å². The number of rotatable bonds is 4. The number of hydrogen-bond acceptors (Lipinski definition) is 6. The van der Waals surface area contributed by atoms with Gasteiger partial charge in [-0.05, 0) is 30.3 Å². The van der Waals surface area contributed by atoms with Crippen molar-refractivity contribution in [2.45, 2.75) is 24.2 Å². The molecule has 2 heterocycles. The molecule has 0 aliphatic heterocycles. The van der Waals surface area contributed by atoms with E-state index in [1.54, 1.807) is 0 Å². The summed E-state index contributed by atoms with van der Waals surface area (Å²) < 4.78 is 107. The smallest absolute Gasteiger partial charge is 0.416 e. The van der Waals surface area contributed by atoms with E-state index in [2.05, 4.69) is 15.2 Å². The standard InChI is InChI=1S/C17H11F6N3O3S/c1-2-30(27,28)12-7-10(16(18,19)20)4-5-11(12)15-26-25-14(29-15)9-3-6-13(24-8-9)17(21,22)23/h3-8H,2H2,1H3. The zero-order chi connectivity index (χ0) is 22.3. The molecule has 0 amide bonds. The van der Waals surface area contributed by atoms with E-state index in [0.717, 1.165) is 18.3 Å². The fourth-order valence-corrected chi connectivity index (χ4v) is 3.53. The molecule has 0 saturated heterocycles. The molecule has 0 bridgehead atoms. The van der Waals surface area contributed by atoms with Gasteiger partial charge in [0.2, 0.25) is 11.8 Å². The maximum atomic E-state index is 13.0. The van der Waals surface area contributed by atoms with E-state index in [9.17, 15) is 34.8 Å². The van der Waals surface area contributed by atoms with Gasteiger partial charge in [0.15, 0.2) is 9.84 Å². The summed E-state index contributed by atoms with van der Waals surface area (Å²) in [4.78, 5) is 2.59. The first-order valence-electron chi connectivity index (χ1n) is 8.14. The zero-order valence-corrected chi connectivity index (χ0v) is 15.7. The lowest BCUT2D eigenvalue weighted by atomic mass is 10.1. The van der Waals surface area contributed by atoms with Crippen molar-refractivity contribution in [3.05, 3.63) is 47.8 Å². The molecular formula is C17H11F6N3O3S. The van der Waals surface area contributed by atoms with Crippen molar-refractivity contribution in [2.75, 3.05) is 5.75 Å². The highest BCUT2D eigenvalue weighted by Gasteiger charge is 2.34. The SMILES string of the molecule is CCS(=O)(=O)c1cc(C(F)(F)F)ccc1-c1nnc(-c2ccc(C(F)(F)F)nc2)o1. The van der Waals surface area contributed by atoms with Gasteiger partial charge in [-0.2, -0.15) is 26.3 Å². The predicted molar refractivity (Wildman–Crippen MR) is 90.7 cm³/mol. The second-order valence-electron chi connectivity index (χ2n) is 5.95. The highest BCUT2D eigenvalue weighted by atomic mass is 32.2. The van der Waals surface area contributed by atoms with E-state index in [0.29, 0.717) is 18.2 Å². The Morgan fingerprint density at radius 3 is 2.13 bits per heavy atom. The molecule has 1 aromatic carbocycles. The Labute approximate surface area is 165 Å². The molecule has 0 atom stereocenters. The maximum Gasteiger partial charge on any atom is 0.433 e. The van der Waals surface area contributed by atoms with Crippen molar-refractivity contribution < 1.29 is 39.2 Å². The van der Waals surface area contributed by atoms with Gasteiger partial charge >= 0.3 is 12.4 Å². The normalized spacial score (nSPS) is 12.9. The van der Waals surface area contributed by atoms with Crippen LogP contribution in [0.5, 0.6) is 0 Å². The third-order valence-electron chi connectivity index (χ3n) is 3.98. The average molecular weight is 451 g/mol. The second kappa shape index (κ2) is 7.38. The molecule has 13 heteroatoms. The van der Waals surface area contributed by atoms with E-state index in [-0.39, 0.29) is 17.0 Å². The van der Waals surface area contributed by atoms with Crippen LogP contribution in [0.1, 0.15) is 18.2 Å². The Balaban J connectivity index is 2.06. The third-order valence-corrected chi connectivity index (χ3v) is 5.75. The van der Waals surface area contributed by atoms with Gasteiger partial charge in [-0.15, -0.1) is 10.2 Å². The first-order chi connectivity index (χ1) is 13.8. The van der Waals surface area contributed by atoms with Gasteiger partial charge in [0.05, 0.1) is 27.3 Å². The predicted octanol–water partition coefficient (Wildman–Crippen LogP) is 4.63. The molecule has 30 heavy (non-hydrogen) atoms. The lowest BCUT2D eigenvalue weighted by Gasteiger charge is -2.11. The Bertz CT molecular complexity index is 1170. The second-order valence-corrected chi connectivity index (χ2v) is 8.20. The van der Waals surface area contributed by atoms with Crippen LogP contribution in [0.15, 0.2) is 45.8 Å². The van der Waals surface area contributed by atoms with Crippen LogP contribution in [0.3, 0.4) is 0 Å². The Hall–Kier alpha value is -2.96. The van der Waals surface area contributed by atoms with E-state index < -0.39 is 50.0 Å². The quantitative estimate of drug-likeness (QED) is 0.538. The van der Waals surface area contributed by atoms with Crippen LogP contribution in [0.4, 0.5) is 26.3 Å². The van der Waals surface area contributed by atoms with Crippen LogP contribution in [0.25, 0.3) is 22.9 Å². The summed E-state index contributed by atoms with van der Waals surface area (Å²) in [5, 5.41) is 7.24. The molecule has 0 aliphatic rings. The van der Waals surface area contributed by atoms with Gasteiger partial charge in [-0.25, -0.2) is 8.42 Å². The topological polar surface area (TPSA) is 86.0 Å². The minimum Gasteiger partial charge on any atom is -0.416 e. The van der Waals surface area contributed by atoms with Gasteiger partial charge in [-0.1, -0.05) is 6.92 Å². The summed E-state index contributed by atoms with van der Waals surface area (Å²) in [6.07, 6.45) is -8.60. The third kappa shape index (κ3) is 4.30. The van der Waals surface area contributed by atoms with Gasteiger partial charge in [0, 0.05) is 6.20 Å². The van der Waals surface area contributed by atoms with Crippen molar-refractivity contribution in [3.63, 3.8) is 0 Å². The number of sulfone groups is 1. The van der Waals surface area contributed by atoms with Crippen molar-refractivity contribution in [1.82, 2.24) is 15.2 Å². The molecular weight excluding hydrogens is 440 g/mol. The van der Waals surface area contributed by atoms with Crippen molar-refractivity contribution >= 4 is 9.84 Å². The van der Waals surface area contributed by atoms with Crippen molar-refractivity contribution in [3.8, 4) is 22.9 Å². The monoisotopic (exact) mass is 451 g/mol. The lowest BCUT2D eigenvalue weighted by Crippen LogP contribution is -2.10. The molecule has 160 valence electrons. The summed E-state index contributed by atoms with van der Waals surface area (Å²) in [5.74, 6) is -1.18. The summed E-state index contributed by atoms with van der Waals surface area (Å²) >= 11 is 0. The summed E-state index contributed by atoms with van der Waals surface area (Å²) in [6, 6.07) is 3.72. The zero-order valence-electron chi connectivity index (χ0n) is 14.9. The molecule has 0 aliphatic carbocycles. The van der Waals surface area contributed by atoms with Crippen molar-refractivity contribution in [2.24, 2.45) is 0 Å². The van der Waals surface area contributed by atoms with E-state index in [1.165, 1.54) is 6.92 Å². The minimum absolute atomic E-state index is 0.00793. The molecule has 0 N–H and O–H groups in total. The molecule has 0 unspecified atom stereocenters. The molecule has 3 rings (SSSR count).